The predicted octanol–water partition coefficient (Wildman–Crippen LogP) is 10.3. The van der Waals surface area contributed by atoms with Crippen LogP contribution < -0.4 is 5.46 Å². The Kier molecular flexibility index (Phi) is 12.1. The van der Waals surface area contributed by atoms with Crippen LogP contribution in [0.25, 0.3) is 43.1 Å². The molecular formula is C56H39BBr2N2O12. The molecule has 4 amide bonds. The minimum Gasteiger partial charge on any atom is -0.399 e. The molecule has 0 N–H and O–H groups in total. The molecule has 0 spiro atoms. The Bertz CT molecular complexity index is 3790. The standard InChI is InChI=1S/C19H20BNO4.C13H8BrNO2.C12H5BrO3.C12H6O3/c1-18(2)19(3,4)25-20(24-18)12-9-11-7-6-8-13-15(11)14(10-12)17(23)21(5)16(13)22;1-15-12(16)9-4-2-3-7-5-8(14)6-10(11(7)9)13(15)17;13-7-4-6-2-1-3-8-10(6)9(5-7)12(15)16-11(8)14;13-11-8-5-1-3-7-4-2-6-9(10(7)8)12(14)15-11/h6-10H,1-5H3;2-6H,1H3;1-5H;1-6H. The monoisotopic (exact) mass is 1100 g/mol. The van der Waals surface area contributed by atoms with Gasteiger partial charge in [-0.1, -0.05) is 98.6 Å². The lowest BCUT2D eigenvalue weighted by Gasteiger charge is -2.32. The van der Waals surface area contributed by atoms with Gasteiger partial charge in [-0.15, -0.1) is 0 Å². The number of nitrogens with zero attached hydrogens (tertiary/aromatic N) is 2. The van der Waals surface area contributed by atoms with Crippen molar-refractivity contribution in [2.75, 3.05) is 14.1 Å². The predicted molar refractivity (Wildman–Crippen MR) is 279 cm³/mol. The molecule has 5 aliphatic heterocycles. The van der Waals surface area contributed by atoms with E-state index in [-0.39, 0.29) is 23.6 Å². The molecule has 5 aliphatic rings. The summed E-state index contributed by atoms with van der Waals surface area (Å²) in [5.41, 5.74) is 3.90. The lowest BCUT2D eigenvalue weighted by molar-refractivity contribution is 0.00578. The van der Waals surface area contributed by atoms with E-state index in [0.29, 0.717) is 60.7 Å². The molecule has 5 heterocycles. The van der Waals surface area contributed by atoms with Crippen LogP contribution in [0, 0.1) is 0 Å². The van der Waals surface area contributed by atoms with Gasteiger partial charge in [0.05, 0.1) is 33.5 Å². The molecule has 0 bridgehead atoms. The third kappa shape index (κ3) is 8.31. The Morgan fingerprint density at radius 1 is 0.384 bits per heavy atom. The van der Waals surface area contributed by atoms with Gasteiger partial charge in [0.15, 0.2) is 0 Å². The normalized spacial score (nSPS) is 16.7. The number of cyclic esters (lactones) is 4. The zero-order valence-corrected chi connectivity index (χ0v) is 42.9. The Morgan fingerprint density at radius 2 is 0.699 bits per heavy atom. The fraction of sp³-hybridized carbons (Fsp3) is 0.143. The van der Waals surface area contributed by atoms with Gasteiger partial charge >= 0.3 is 31.0 Å². The average Bonchev–Trinajstić information content (AvgIpc) is 3.59. The Hall–Kier alpha value is -7.70. The van der Waals surface area contributed by atoms with Crippen molar-refractivity contribution in [1.29, 1.82) is 0 Å². The first kappa shape index (κ1) is 48.9. The molecule has 1 saturated heterocycles. The molecule has 0 atom stereocenters. The first-order valence-electron chi connectivity index (χ1n) is 22.7. The van der Waals surface area contributed by atoms with Crippen LogP contribution in [0.1, 0.15) is 111 Å². The van der Waals surface area contributed by atoms with Crippen molar-refractivity contribution < 1.29 is 57.1 Å². The van der Waals surface area contributed by atoms with E-state index in [1.807, 2.05) is 88.4 Å². The first-order valence-corrected chi connectivity index (χ1v) is 24.3. The Morgan fingerprint density at radius 3 is 1.14 bits per heavy atom. The highest BCUT2D eigenvalue weighted by atomic mass is 79.9. The second-order valence-electron chi connectivity index (χ2n) is 18.7. The second kappa shape index (κ2) is 18.1. The Balaban J connectivity index is 0.000000114. The molecule has 0 aromatic heterocycles. The molecule has 8 aromatic rings. The van der Waals surface area contributed by atoms with E-state index in [4.69, 9.17) is 9.31 Å². The van der Waals surface area contributed by atoms with Crippen molar-refractivity contribution in [2.45, 2.75) is 38.9 Å². The molecule has 17 heteroatoms. The summed E-state index contributed by atoms with van der Waals surface area (Å²) in [5.74, 6) is -3.36. The van der Waals surface area contributed by atoms with Gasteiger partial charge in [0.2, 0.25) is 0 Å². The quantitative estimate of drug-likeness (QED) is 0.0658. The largest absolute Gasteiger partial charge is 0.494 e. The number of hydrogen-bond acceptors (Lipinski definition) is 12. The SMILES string of the molecule is CN1C(=O)c2cccc3cc(B4OC(C)(C)C(C)(C)O4)cc(c23)C1=O.CN1C(=O)c2cccc3cc(Br)cc(c23)C1=O.O=C1OC(=O)c2cc(Br)cc3cccc1c23.O=C1OC(=O)c2cccc3cccc1c23. The van der Waals surface area contributed by atoms with Crippen LogP contribution in [0.5, 0.6) is 0 Å². The van der Waals surface area contributed by atoms with E-state index in [2.05, 4.69) is 41.3 Å². The molecule has 0 unspecified atom stereocenters. The highest BCUT2D eigenvalue weighted by molar-refractivity contribution is 9.10. The van der Waals surface area contributed by atoms with Crippen molar-refractivity contribution in [3.63, 3.8) is 0 Å². The summed E-state index contributed by atoms with van der Waals surface area (Å²) >= 11 is 6.70. The van der Waals surface area contributed by atoms with Crippen molar-refractivity contribution in [1.82, 2.24) is 9.80 Å². The zero-order chi connectivity index (χ0) is 52.0. The van der Waals surface area contributed by atoms with E-state index in [9.17, 15) is 38.4 Å². The van der Waals surface area contributed by atoms with Crippen LogP contribution in [0.4, 0.5) is 0 Å². The second-order valence-corrected chi connectivity index (χ2v) is 20.5. The summed E-state index contributed by atoms with van der Waals surface area (Å²) in [6.07, 6.45) is 0. The average molecular weight is 1100 g/mol. The summed E-state index contributed by atoms with van der Waals surface area (Å²) in [6, 6.07) is 37.8. The number of rotatable bonds is 1. The molecular weight excluding hydrogens is 1060 g/mol. The third-order valence-electron chi connectivity index (χ3n) is 13.7. The van der Waals surface area contributed by atoms with Gasteiger partial charge in [-0.05, 0) is 115 Å². The number of carbonyl (C=O) groups is 8. The number of hydrogen-bond donors (Lipinski definition) is 0. The van der Waals surface area contributed by atoms with Gasteiger partial charge in [-0.3, -0.25) is 29.0 Å². The van der Waals surface area contributed by atoms with Gasteiger partial charge in [-0.2, -0.15) is 0 Å². The first-order chi connectivity index (χ1) is 34.6. The number of halogens is 2. The number of esters is 4. The van der Waals surface area contributed by atoms with Crippen LogP contribution in [0.15, 0.2) is 136 Å². The highest BCUT2D eigenvalue weighted by Crippen LogP contribution is 2.38. The van der Waals surface area contributed by atoms with Crippen LogP contribution >= 0.6 is 31.9 Å². The molecule has 0 radical (unpaired) electrons. The van der Waals surface area contributed by atoms with E-state index < -0.39 is 42.2 Å². The zero-order valence-electron chi connectivity index (χ0n) is 39.8. The van der Waals surface area contributed by atoms with Crippen LogP contribution in [0.3, 0.4) is 0 Å². The van der Waals surface area contributed by atoms with Crippen LogP contribution in [-0.2, 0) is 18.8 Å². The minimum atomic E-state index is -0.588. The molecule has 1 fully saturated rings. The van der Waals surface area contributed by atoms with E-state index in [1.165, 1.54) is 14.1 Å². The van der Waals surface area contributed by atoms with Crippen molar-refractivity contribution in [3.8, 4) is 0 Å². The van der Waals surface area contributed by atoms with Gasteiger partial charge in [0.25, 0.3) is 23.6 Å². The molecule has 0 aliphatic carbocycles. The summed E-state index contributed by atoms with van der Waals surface area (Å²) in [5, 5.41) is 6.31. The number of ether oxygens (including phenoxy) is 2. The fourth-order valence-electron chi connectivity index (χ4n) is 9.35. The van der Waals surface area contributed by atoms with Crippen molar-refractivity contribution >= 4 is 135 Å². The van der Waals surface area contributed by atoms with E-state index >= 15 is 0 Å². The Labute approximate surface area is 433 Å². The topological polar surface area (TPSA) is 180 Å². The summed E-state index contributed by atoms with van der Waals surface area (Å²) in [6.45, 7) is 7.98. The van der Waals surface area contributed by atoms with Crippen molar-refractivity contribution in [2.24, 2.45) is 0 Å². The van der Waals surface area contributed by atoms with Gasteiger partial charge in [0, 0.05) is 66.8 Å². The summed E-state index contributed by atoms with van der Waals surface area (Å²) < 4.78 is 23.1. The maximum atomic E-state index is 12.7. The van der Waals surface area contributed by atoms with Crippen molar-refractivity contribution in [3.05, 3.63) is 181 Å². The number of imide groups is 2. The molecule has 8 aromatic carbocycles. The lowest BCUT2D eigenvalue weighted by atomic mass is 9.76. The molecule has 73 heavy (non-hydrogen) atoms. The van der Waals surface area contributed by atoms with E-state index in [0.717, 1.165) is 51.1 Å². The number of amides is 4. The summed E-state index contributed by atoms with van der Waals surface area (Å²) in [7, 11) is 2.46. The van der Waals surface area contributed by atoms with Crippen LogP contribution in [-0.4, -0.2) is 89.7 Å². The minimum absolute atomic E-state index is 0.240. The molecule has 0 saturated carbocycles. The third-order valence-corrected chi connectivity index (χ3v) is 14.6. The number of carbonyl (C=O) groups excluding carboxylic acids is 8. The maximum Gasteiger partial charge on any atom is 0.494 e. The number of benzene rings is 8. The summed E-state index contributed by atoms with van der Waals surface area (Å²) in [4.78, 5) is 97.4. The molecule has 14 nitrogen and oxygen atoms in total. The maximum absolute atomic E-state index is 12.7. The highest BCUT2D eigenvalue weighted by Gasteiger charge is 2.52. The smallest absolute Gasteiger partial charge is 0.399 e. The fourth-order valence-corrected chi connectivity index (χ4v) is 10.3. The molecule has 13 rings (SSSR count). The van der Waals surface area contributed by atoms with Gasteiger partial charge < -0.3 is 18.8 Å². The van der Waals surface area contributed by atoms with Gasteiger partial charge in [-0.25, -0.2) is 19.2 Å². The van der Waals surface area contributed by atoms with Crippen LogP contribution in [0.2, 0.25) is 0 Å². The van der Waals surface area contributed by atoms with Gasteiger partial charge in [0.1, 0.15) is 0 Å². The molecule has 362 valence electrons. The lowest BCUT2D eigenvalue weighted by Crippen LogP contribution is -2.41. The van der Waals surface area contributed by atoms with E-state index in [1.54, 1.807) is 66.7 Å².